The van der Waals surface area contributed by atoms with Gasteiger partial charge >= 0.3 is 5.97 Å². The molecule has 0 aromatic rings. The van der Waals surface area contributed by atoms with Crippen LogP contribution in [0.2, 0.25) is 0 Å². The van der Waals surface area contributed by atoms with E-state index in [0.717, 1.165) is 32.1 Å². The number of esters is 1. The van der Waals surface area contributed by atoms with Crippen molar-refractivity contribution in [2.24, 2.45) is 23.2 Å². The van der Waals surface area contributed by atoms with E-state index in [-0.39, 0.29) is 35.7 Å². The van der Waals surface area contributed by atoms with E-state index in [1.807, 2.05) is 12.2 Å². The van der Waals surface area contributed by atoms with Crippen LogP contribution in [0, 0.1) is 23.2 Å². The molecule has 0 spiro atoms. The fourth-order valence-corrected chi connectivity index (χ4v) is 5.31. The van der Waals surface area contributed by atoms with Crippen molar-refractivity contribution in [3.63, 3.8) is 0 Å². The molecule has 5 aliphatic rings. The number of methoxy groups -OCH3 is 1. The number of fused-ring (bicyclic) bond motifs is 1. The first kappa shape index (κ1) is 14.9. The topological polar surface area (TPSA) is 63.7 Å². The Hall–Kier alpha value is -1.65. The molecule has 0 aromatic carbocycles. The second kappa shape index (κ2) is 5.18. The van der Waals surface area contributed by atoms with Crippen molar-refractivity contribution >= 4 is 17.8 Å². The number of imide groups is 1. The molecule has 2 bridgehead atoms. The summed E-state index contributed by atoms with van der Waals surface area (Å²) in [4.78, 5) is 40.1. The first-order chi connectivity index (χ1) is 11.1. The molecule has 124 valence electrons. The van der Waals surface area contributed by atoms with E-state index >= 15 is 0 Å². The maximum Gasteiger partial charge on any atom is 0.316 e. The molecule has 5 nitrogen and oxygen atoms in total. The van der Waals surface area contributed by atoms with Crippen molar-refractivity contribution in [2.75, 3.05) is 7.11 Å². The van der Waals surface area contributed by atoms with E-state index in [1.165, 1.54) is 18.4 Å². The van der Waals surface area contributed by atoms with E-state index in [4.69, 9.17) is 4.74 Å². The lowest BCUT2D eigenvalue weighted by Crippen LogP contribution is -2.51. The second-order valence-corrected chi connectivity index (χ2v) is 7.44. The summed E-state index contributed by atoms with van der Waals surface area (Å²) in [5.41, 5.74) is -0.926. The molecule has 5 heteroatoms. The van der Waals surface area contributed by atoms with Gasteiger partial charge in [-0.3, -0.25) is 19.3 Å². The van der Waals surface area contributed by atoms with Gasteiger partial charge in [-0.1, -0.05) is 31.4 Å². The Morgan fingerprint density at radius 1 is 1.17 bits per heavy atom. The Kier molecular flexibility index (Phi) is 3.36. The number of hydrogen-bond acceptors (Lipinski definition) is 4. The van der Waals surface area contributed by atoms with Crippen molar-refractivity contribution in [2.45, 2.75) is 51.0 Å². The highest BCUT2D eigenvalue weighted by Gasteiger charge is 2.66. The van der Waals surface area contributed by atoms with Crippen molar-refractivity contribution in [1.82, 2.24) is 4.90 Å². The average molecular weight is 317 g/mol. The van der Waals surface area contributed by atoms with E-state index in [2.05, 4.69) is 0 Å². The maximum atomic E-state index is 13.1. The van der Waals surface area contributed by atoms with Crippen LogP contribution in [0.3, 0.4) is 0 Å². The summed E-state index contributed by atoms with van der Waals surface area (Å²) in [6.07, 6.45) is 10.3. The van der Waals surface area contributed by atoms with Gasteiger partial charge in [0.05, 0.1) is 24.4 Å². The first-order valence-electron chi connectivity index (χ1n) is 8.75. The van der Waals surface area contributed by atoms with Gasteiger partial charge in [-0.25, -0.2) is 0 Å². The molecular weight excluding hydrogens is 294 g/mol. The molecule has 1 aliphatic heterocycles. The van der Waals surface area contributed by atoms with Gasteiger partial charge in [0.25, 0.3) is 0 Å². The number of ether oxygens (including phenoxy) is 1. The molecule has 23 heavy (non-hydrogen) atoms. The highest BCUT2D eigenvalue weighted by molar-refractivity contribution is 6.09. The van der Waals surface area contributed by atoms with Gasteiger partial charge < -0.3 is 4.74 Å². The highest BCUT2D eigenvalue weighted by Crippen LogP contribution is 2.57. The van der Waals surface area contributed by atoms with Crippen LogP contribution in [-0.4, -0.2) is 35.8 Å². The SMILES string of the molecule is COC(=O)C12C=CC(CC1)C1C(=O)N(C3CCCCC3)C(=O)C12. The number of allylic oxidation sites excluding steroid dienone is 1. The van der Waals surface area contributed by atoms with Crippen LogP contribution in [0.4, 0.5) is 0 Å². The molecule has 5 rings (SSSR count). The van der Waals surface area contributed by atoms with E-state index in [9.17, 15) is 14.4 Å². The second-order valence-electron chi connectivity index (χ2n) is 7.44. The molecule has 1 heterocycles. The monoisotopic (exact) mass is 317 g/mol. The van der Waals surface area contributed by atoms with Crippen molar-refractivity contribution < 1.29 is 19.1 Å². The Morgan fingerprint density at radius 2 is 1.91 bits per heavy atom. The van der Waals surface area contributed by atoms with Crippen LogP contribution < -0.4 is 0 Å². The van der Waals surface area contributed by atoms with Crippen LogP contribution in [0.5, 0.6) is 0 Å². The summed E-state index contributed by atoms with van der Waals surface area (Å²) in [7, 11) is 1.36. The third-order valence-electron chi connectivity index (χ3n) is 6.44. The average Bonchev–Trinajstić information content (AvgIpc) is 2.89. The normalized spacial score (nSPS) is 39.7. The van der Waals surface area contributed by atoms with Crippen molar-refractivity contribution in [3.05, 3.63) is 12.2 Å². The van der Waals surface area contributed by atoms with Crippen molar-refractivity contribution in [1.29, 1.82) is 0 Å². The molecule has 3 fully saturated rings. The van der Waals surface area contributed by atoms with Gasteiger partial charge in [-0.05, 0) is 31.6 Å². The minimum absolute atomic E-state index is 0.0310. The summed E-state index contributed by atoms with van der Waals surface area (Å²) in [6, 6.07) is 0.0310. The molecule has 4 unspecified atom stereocenters. The molecule has 0 radical (unpaired) electrons. The minimum atomic E-state index is -0.926. The fraction of sp³-hybridized carbons (Fsp3) is 0.722. The third-order valence-corrected chi connectivity index (χ3v) is 6.44. The Labute approximate surface area is 136 Å². The number of amides is 2. The van der Waals surface area contributed by atoms with Gasteiger partial charge in [0, 0.05) is 6.04 Å². The van der Waals surface area contributed by atoms with Gasteiger partial charge in [0.15, 0.2) is 0 Å². The number of rotatable bonds is 2. The van der Waals surface area contributed by atoms with Crippen LogP contribution >= 0.6 is 0 Å². The lowest BCUT2D eigenvalue weighted by atomic mass is 9.55. The minimum Gasteiger partial charge on any atom is -0.468 e. The Morgan fingerprint density at radius 3 is 2.52 bits per heavy atom. The van der Waals surface area contributed by atoms with Crippen molar-refractivity contribution in [3.8, 4) is 0 Å². The fourth-order valence-electron chi connectivity index (χ4n) is 5.31. The molecular formula is C18H23NO4. The quantitative estimate of drug-likeness (QED) is 0.444. The zero-order chi connectivity index (χ0) is 16.2. The molecule has 4 aliphatic carbocycles. The zero-order valence-corrected chi connectivity index (χ0v) is 13.5. The van der Waals surface area contributed by atoms with Gasteiger partial charge in [0.1, 0.15) is 0 Å². The summed E-state index contributed by atoms with van der Waals surface area (Å²) < 4.78 is 5.01. The molecule has 0 aromatic heterocycles. The molecule has 4 atom stereocenters. The number of hydrogen-bond donors (Lipinski definition) is 0. The number of nitrogens with zero attached hydrogens (tertiary/aromatic N) is 1. The summed E-state index contributed by atoms with van der Waals surface area (Å²) >= 11 is 0. The predicted molar refractivity (Wildman–Crippen MR) is 82.0 cm³/mol. The van der Waals surface area contributed by atoms with Crippen LogP contribution in [0.15, 0.2) is 12.2 Å². The van der Waals surface area contributed by atoms with E-state index in [1.54, 1.807) is 0 Å². The molecule has 2 amide bonds. The first-order valence-corrected chi connectivity index (χ1v) is 8.75. The summed E-state index contributed by atoms with van der Waals surface area (Å²) in [5.74, 6) is -1.36. The molecule has 1 saturated heterocycles. The van der Waals surface area contributed by atoms with Gasteiger partial charge in [-0.2, -0.15) is 0 Å². The van der Waals surface area contributed by atoms with Crippen LogP contribution in [0.25, 0.3) is 0 Å². The zero-order valence-electron chi connectivity index (χ0n) is 13.5. The van der Waals surface area contributed by atoms with Crippen LogP contribution in [-0.2, 0) is 19.1 Å². The largest absolute Gasteiger partial charge is 0.468 e. The predicted octanol–water partition coefficient (Wildman–Crippen LogP) is 2.06. The summed E-state index contributed by atoms with van der Waals surface area (Å²) in [5, 5.41) is 0. The summed E-state index contributed by atoms with van der Waals surface area (Å²) in [6.45, 7) is 0. The Bertz CT molecular complexity index is 592. The lowest BCUT2D eigenvalue weighted by Gasteiger charge is -2.45. The maximum absolute atomic E-state index is 13.1. The number of carbonyl (C=O) groups is 3. The Balaban J connectivity index is 1.73. The van der Waals surface area contributed by atoms with Gasteiger partial charge in [0.2, 0.25) is 11.8 Å². The number of likely N-dealkylation sites (tertiary alicyclic amines) is 1. The third kappa shape index (κ3) is 1.88. The lowest BCUT2D eigenvalue weighted by molar-refractivity contribution is -0.161. The highest BCUT2D eigenvalue weighted by atomic mass is 16.5. The van der Waals surface area contributed by atoms with Crippen LogP contribution in [0.1, 0.15) is 44.9 Å². The smallest absolute Gasteiger partial charge is 0.316 e. The molecule has 0 N–H and O–H groups in total. The van der Waals surface area contributed by atoms with E-state index < -0.39 is 11.3 Å². The number of carbonyl (C=O) groups excluding carboxylic acids is 3. The van der Waals surface area contributed by atoms with E-state index in [0.29, 0.717) is 6.42 Å². The van der Waals surface area contributed by atoms with Gasteiger partial charge in [-0.15, -0.1) is 0 Å². The standard InChI is InChI=1S/C18H23NO4/c1-23-17(22)18-9-7-11(8-10-18)13-14(18)16(21)19(15(13)20)12-5-3-2-4-6-12/h7,9,11-14H,2-6,8,10H2,1H3. The molecule has 2 saturated carbocycles.